The molecule has 29 heavy (non-hydrogen) atoms. The highest BCUT2D eigenvalue weighted by Gasteiger charge is 2.14. The van der Waals surface area contributed by atoms with Crippen LogP contribution in [-0.4, -0.2) is 22.0 Å². The van der Waals surface area contributed by atoms with E-state index in [2.05, 4.69) is 16.4 Å². The Morgan fingerprint density at radius 2 is 2.00 bits per heavy atom. The van der Waals surface area contributed by atoms with Crippen molar-refractivity contribution in [2.75, 3.05) is 6.54 Å². The largest absolute Gasteiger partial charge is 0.356 e. The Kier molecular flexibility index (Phi) is 5.87. The Morgan fingerprint density at radius 1 is 1.17 bits per heavy atom. The zero-order valence-electron chi connectivity index (χ0n) is 16.1. The number of aryl methyl sites for hydroxylation is 2. The average molecular weight is 424 g/mol. The molecule has 0 unspecified atom stereocenters. The number of hydrogen-bond donors (Lipinski definition) is 1. The van der Waals surface area contributed by atoms with Gasteiger partial charge in [0.25, 0.3) is 5.56 Å². The molecule has 3 heterocycles. The standard InChI is InChI=1S/C22H21N3O2S2/c1-15-4-6-16(7-5-15)18-13-29-21-20(18)22(27)25(14-24-21)11-9-19(26)23-10-8-17-3-2-12-28-17/h2-7,12-14H,8-11H2,1H3,(H,23,26). The fourth-order valence-corrected chi connectivity index (χ4v) is 4.78. The van der Waals surface area contributed by atoms with E-state index in [9.17, 15) is 9.59 Å². The van der Waals surface area contributed by atoms with Crippen molar-refractivity contribution in [1.29, 1.82) is 0 Å². The lowest BCUT2D eigenvalue weighted by Gasteiger charge is -2.07. The molecule has 4 aromatic rings. The minimum atomic E-state index is -0.0989. The van der Waals surface area contributed by atoms with Crippen molar-refractivity contribution in [2.24, 2.45) is 0 Å². The minimum Gasteiger partial charge on any atom is -0.356 e. The van der Waals surface area contributed by atoms with Crippen molar-refractivity contribution in [3.05, 3.63) is 74.3 Å². The van der Waals surface area contributed by atoms with Gasteiger partial charge in [0.05, 0.1) is 11.7 Å². The van der Waals surface area contributed by atoms with Gasteiger partial charge >= 0.3 is 0 Å². The summed E-state index contributed by atoms with van der Waals surface area (Å²) < 4.78 is 1.53. The number of amides is 1. The molecular formula is C22H21N3O2S2. The number of carbonyl (C=O) groups is 1. The fourth-order valence-electron chi connectivity index (χ4n) is 3.16. The third kappa shape index (κ3) is 4.46. The molecule has 0 saturated heterocycles. The smallest absolute Gasteiger partial charge is 0.262 e. The molecule has 1 amide bonds. The number of aromatic nitrogens is 2. The molecule has 0 fully saturated rings. The van der Waals surface area contributed by atoms with Crippen molar-refractivity contribution in [1.82, 2.24) is 14.9 Å². The lowest BCUT2D eigenvalue weighted by atomic mass is 10.1. The van der Waals surface area contributed by atoms with E-state index in [0.717, 1.165) is 22.4 Å². The van der Waals surface area contributed by atoms with Crippen LogP contribution in [-0.2, 0) is 17.8 Å². The molecule has 0 radical (unpaired) electrons. The lowest BCUT2D eigenvalue weighted by Crippen LogP contribution is -2.28. The molecule has 1 aromatic carbocycles. The molecule has 0 atom stereocenters. The maximum atomic E-state index is 13.0. The van der Waals surface area contributed by atoms with Crippen LogP contribution in [0.3, 0.4) is 0 Å². The fraction of sp³-hybridized carbons (Fsp3) is 0.227. The van der Waals surface area contributed by atoms with Gasteiger partial charge in [0, 0.05) is 35.3 Å². The number of carbonyl (C=O) groups excluding carboxylic acids is 1. The topological polar surface area (TPSA) is 64.0 Å². The van der Waals surface area contributed by atoms with Crippen molar-refractivity contribution in [3.8, 4) is 11.1 Å². The molecule has 4 rings (SSSR count). The van der Waals surface area contributed by atoms with Gasteiger partial charge in [-0.05, 0) is 30.4 Å². The Labute approximate surface area is 176 Å². The number of fused-ring (bicyclic) bond motifs is 1. The SMILES string of the molecule is Cc1ccc(-c2csc3ncn(CCC(=O)NCCc4cccs4)c(=O)c23)cc1. The van der Waals surface area contributed by atoms with E-state index in [1.54, 1.807) is 17.7 Å². The summed E-state index contributed by atoms with van der Waals surface area (Å²) in [6.45, 7) is 2.96. The predicted molar refractivity (Wildman–Crippen MR) is 120 cm³/mol. The zero-order valence-corrected chi connectivity index (χ0v) is 17.7. The summed E-state index contributed by atoms with van der Waals surface area (Å²) in [6, 6.07) is 12.2. The van der Waals surface area contributed by atoms with Gasteiger partial charge in [-0.15, -0.1) is 22.7 Å². The second kappa shape index (κ2) is 8.71. The highest BCUT2D eigenvalue weighted by atomic mass is 32.1. The van der Waals surface area contributed by atoms with Crippen LogP contribution in [0, 0.1) is 6.92 Å². The van der Waals surface area contributed by atoms with Crippen molar-refractivity contribution < 1.29 is 4.79 Å². The summed E-state index contributed by atoms with van der Waals surface area (Å²) >= 11 is 3.15. The van der Waals surface area contributed by atoms with Crippen LogP contribution in [0.5, 0.6) is 0 Å². The lowest BCUT2D eigenvalue weighted by molar-refractivity contribution is -0.121. The number of hydrogen-bond acceptors (Lipinski definition) is 5. The first-order valence-corrected chi connectivity index (χ1v) is 11.2. The number of benzene rings is 1. The summed E-state index contributed by atoms with van der Waals surface area (Å²) in [5.41, 5.74) is 2.98. The number of thiophene rings is 2. The summed E-state index contributed by atoms with van der Waals surface area (Å²) in [7, 11) is 0. The van der Waals surface area contributed by atoms with E-state index in [1.807, 2.05) is 48.0 Å². The second-order valence-electron chi connectivity index (χ2n) is 6.87. The summed E-state index contributed by atoms with van der Waals surface area (Å²) in [6.07, 6.45) is 2.62. The first-order chi connectivity index (χ1) is 14.1. The van der Waals surface area contributed by atoms with Crippen LogP contribution in [0.15, 0.2) is 58.3 Å². The maximum Gasteiger partial charge on any atom is 0.262 e. The summed E-state index contributed by atoms with van der Waals surface area (Å²) in [4.78, 5) is 31.6. The molecule has 0 saturated carbocycles. The van der Waals surface area contributed by atoms with Crippen LogP contribution in [0.2, 0.25) is 0 Å². The second-order valence-corrected chi connectivity index (χ2v) is 8.76. The van der Waals surface area contributed by atoms with Gasteiger partial charge in [-0.2, -0.15) is 0 Å². The van der Waals surface area contributed by atoms with Crippen LogP contribution < -0.4 is 10.9 Å². The predicted octanol–water partition coefficient (Wildman–Crippen LogP) is 4.24. The van der Waals surface area contributed by atoms with E-state index in [1.165, 1.54) is 26.3 Å². The van der Waals surface area contributed by atoms with Crippen molar-refractivity contribution in [2.45, 2.75) is 26.3 Å². The van der Waals surface area contributed by atoms with Gasteiger partial charge in [-0.25, -0.2) is 4.98 Å². The van der Waals surface area contributed by atoms with Crippen LogP contribution >= 0.6 is 22.7 Å². The quantitative estimate of drug-likeness (QED) is 0.483. The van der Waals surface area contributed by atoms with Crippen molar-refractivity contribution in [3.63, 3.8) is 0 Å². The van der Waals surface area contributed by atoms with Crippen LogP contribution in [0.4, 0.5) is 0 Å². The van der Waals surface area contributed by atoms with Gasteiger partial charge in [0.2, 0.25) is 5.91 Å². The molecule has 5 nitrogen and oxygen atoms in total. The molecule has 0 aliphatic rings. The van der Waals surface area contributed by atoms with E-state index in [0.29, 0.717) is 18.5 Å². The Bertz CT molecular complexity index is 1180. The van der Waals surface area contributed by atoms with Crippen LogP contribution in [0.25, 0.3) is 21.3 Å². The first kappa shape index (κ1) is 19.5. The van der Waals surface area contributed by atoms with E-state index >= 15 is 0 Å². The van der Waals surface area contributed by atoms with Gasteiger partial charge in [-0.3, -0.25) is 14.2 Å². The minimum absolute atomic E-state index is 0.0578. The van der Waals surface area contributed by atoms with Crippen molar-refractivity contribution >= 4 is 38.8 Å². The van der Waals surface area contributed by atoms with Gasteiger partial charge in [0.15, 0.2) is 0 Å². The van der Waals surface area contributed by atoms with E-state index in [-0.39, 0.29) is 17.9 Å². The molecule has 0 bridgehead atoms. The maximum absolute atomic E-state index is 13.0. The number of nitrogens with one attached hydrogen (secondary N) is 1. The Morgan fingerprint density at radius 3 is 2.76 bits per heavy atom. The molecule has 1 N–H and O–H groups in total. The van der Waals surface area contributed by atoms with Gasteiger partial charge in [-0.1, -0.05) is 35.9 Å². The molecule has 3 aromatic heterocycles. The normalized spacial score (nSPS) is 11.1. The monoisotopic (exact) mass is 423 g/mol. The third-order valence-corrected chi connectivity index (χ3v) is 6.60. The highest BCUT2D eigenvalue weighted by molar-refractivity contribution is 7.17. The molecule has 0 aliphatic heterocycles. The summed E-state index contributed by atoms with van der Waals surface area (Å²) in [5.74, 6) is -0.0578. The Balaban J connectivity index is 1.46. The zero-order chi connectivity index (χ0) is 20.2. The molecule has 0 spiro atoms. The first-order valence-electron chi connectivity index (χ1n) is 9.44. The average Bonchev–Trinajstić information content (AvgIpc) is 3.38. The molecule has 7 heteroatoms. The Hall–Kier alpha value is -2.77. The molecular weight excluding hydrogens is 402 g/mol. The molecule has 148 valence electrons. The number of rotatable bonds is 7. The summed E-state index contributed by atoms with van der Waals surface area (Å²) in [5, 5.41) is 7.55. The van der Waals surface area contributed by atoms with Gasteiger partial charge < -0.3 is 5.32 Å². The highest BCUT2D eigenvalue weighted by Crippen LogP contribution is 2.30. The van der Waals surface area contributed by atoms with E-state index < -0.39 is 0 Å². The third-order valence-electron chi connectivity index (χ3n) is 4.78. The van der Waals surface area contributed by atoms with E-state index in [4.69, 9.17) is 0 Å². The van der Waals surface area contributed by atoms with Crippen LogP contribution in [0.1, 0.15) is 16.9 Å². The van der Waals surface area contributed by atoms with Gasteiger partial charge in [0.1, 0.15) is 4.83 Å². The number of nitrogens with zero attached hydrogens (tertiary/aromatic N) is 2. The molecule has 0 aliphatic carbocycles.